The lowest BCUT2D eigenvalue weighted by molar-refractivity contribution is 0.0937. The Bertz CT molecular complexity index is 694. The van der Waals surface area contributed by atoms with Gasteiger partial charge in [0.25, 0.3) is 0 Å². The number of aryl methyl sites for hydroxylation is 1. The second-order valence-corrected chi connectivity index (χ2v) is 5.37. The van der Waals surface area contributed by atoms with Gasteiger partial charge in [-0.2, -0.15) is 0 Å². The monoisotopic (exact) mass is 318 g/mol. The third-order valence-corrected chi connectivity index (χ3v) is 3.94. The zero-order chi connectivity index (χ0) is 17.0. The lowest BCUT2D eigenvalue weighted by Gasteiger charge is -2.11. The summed E-state index contributed by atoms with van der Waals surface area (Å²) in [5.74, 6) is 1.03. The van der Waals surface area contributed by atoms with E-state index in [9.17, 15) is 9.90 Å². The predicted molar refractivity (Wildman–Crippen MR) is 86.0 cm³/mol. The molecule has 0 fully saturated rings. The Morgan fingerprint density at radius 1 is 1.30 bits per heavy atom. The van der Waals surface area contributed by atoms with Gasteiger partial charge in [-0.1, -0.05) is 0 Å². The van der Waals surface area contributed by atoms with Gasteiger partial charge < -0.3 is 19.1 Å². The third-order valence-electron chi connectivity index (χ3n) is 3.94. The summed E-state index contributed by atoms with van der Waals surface area (Å²) in [4.78, 5) is 16.5. The number of aromatic nitrogens is 2. The highest BCUT2D eigenvalue weighted by Gasteiger charge is 2.17. The maximum Gasteiger partial charge on any atom is 0.163 e. The number of ether oxygens (including phenoxy) is 2. The van der Waals surface area contributed by atoms with Crippen molar-refractivity contribution in [2.45, 2.75) is 25.9 Å². The van der Waals surface area contributed by atoms with Crippen LogP contribution in [-0.2, 0) is 7.05 Å². The first-order valence-corrected chi connectivity index (χ1v) is 7.39. The molecule has 0 saturated heterocycles. The average molecular weight is 318 g/mol. The largest absolute Gasteiger partial charge is 0.493 e. The predicted octanol–water partition coefficient (Wildman–Crippen LogP) is 2.44. The summed E-state index contributed by atoms with van der Waals surface area (Å²) in [6.07, 6.45) is 1.46. The van der Waals surface area contributed by atoms with Gasteiger partial charge in [-0.3, -0.25) is 4.79 Å². The van der Waals surface area contributed by atoms with Crippen LogP contribution < -0.4 is 9.47 Å². The van der Waals surface area contributed by atoms with Crippen molar-refractivity contribution in [3.05, 3.63) is 41.5 Å². The van der Waals surface area contributed by atoms with E-state index in [0.29, 0.717) is 29.2 Å². The van der Waals surface area contributed by atoms with Crippen molar-refractivity contribution in [1.29, 1.82) is 0 Å². The molecule has 0 spiro atoms. The number of imidazole rings is 1. The molecule has 0 aliphatic carbocycles. The molecule has 0 radical (unpaired) electrons. The van der Waals surface area contributed by atoms with Gasteiger partial charge in [0.2, 0.25) is 0 Å². The molecule has 6 heteroatoms. The number of carbonyl (C=O) groups is 1. The number of rotatable bonds is 7. The fourth-order valence-electron chi connectivity index (χ4n) is 2.40. The summed E-state index contributed by atoms with van der Waals surface area (Å²) in [5.41, 5.74) is 2.05. The standard InChI is InChI=1S/C17H22N2O4/c1-11-17(18-10-19(11)2)14(21)7-6-13(20)12-5-8-15(22-3)16(9-12)23-4/h5,8-10,14,21H,6-7H2,1-4H3. The SMILES string of the molecule is COc1ccc(C(=O)CCC(O)c2ncn(C)c2C)cc1OC. The minimum Gasteiger partial charge on any atom is -0.493 e. The highest BCUT2D eigenvalue weighted by Crippen LogP contribution is 2.28. The molecule has 1 aromatic heterocycles. The Balaban J connectivity index is 2.03. The van der Waals surface area contributed by atoms with Gasteiger partial charge in [-0.05, 0) is 31.5 Å². The van der Waals surface area contributed by atoms with Crippen molar-refractivity contribution in [2.24, 2.45) is 7.05 Å². The van der Waals surface area contributed by atoms with E-state index in [4.69, 9.17) is 9.47 Å². The van der Waals surface area contributed by atoms with Crippen LogP contribution >= 0.6 is 0 Å². The molecule has 2 aromatic rings. The number of carbonyl (C=O) groups excluding carboxylic acids is 1. The molecule has 1 aromatic carbocycles. The van der Waals surface area contributed by atoms with Crippen molar-refractivity contribution in [1.82, 2.24) is 9.55 Å². The molecule has 2 rings (SSSR count). The fourth-order valence-corrected chi connectivity index (χ4v) is 2.40. The minimum atomic E-state index is -0.750. The van der Waals surface area contributed by atoms with Crippen LogP contribution in [0, 0.1) is 6.92 Å². The number of methoxy groups -OCH3 is 2. The lowest BCUT2D eigenvalue weighted by Crippen LogP contribution is -2.06. The number of aliphatic hydroxyl groups excluding tert-OH is 1. The van der Waals surface area contributed by atoms with Gasteiger partial charge in [-0.25, -0.2) is 4.98 Å². The Morgan fingerprint density at radius 2 is 2.00 bits per heavy atom. The number of Topliss-reactive ketones (excluding diaryl/α,β-unsaturated/α-hetero) is 1. The Kier molecular flexibility index (Phi) is 5.39. The summed E-state index contributed by atoms with van der Waals surface area (Å²) in [6.45, 7) is 1.89. The molecule has 1 atom stereocenters. The van der Waals surface area contributed by atoms with Gasteiger partial charge in [0, 0.05) is 24.7 Å². The Labute approximate surface area is 135 Å². The summed E-state index contributed by atoms with van der Waals surface area (Å²) in [5, 5.41) is 10.2. The maximum atomic E-state index is 12.3. The average Bonchev–Trinajstić information content (AvgIpc) is 2.91. The topological polar surface area (TPSA) is 73.6 Å². The second kappa shape index (κ2) is 7.28. The van der Waals surface area contributed by atoms with Gasteiger partial charge in [0.05, 0.1) is 32.3 Å². The number of ketones is 1. The van der Waals surface area contributed by atoms with E-state index in [1.807, 2.05) is 18.5 Å². The summed E-state index contributed by atoms with van der Waals surface area (Å²) >= 11 is 0. The molecule has 1 heterocycles. The van der Waals surface area contributed by atoms with Gasteiger partial charge in [0.1, 0.15) is 0 Å². The molecular formula is C17H22N2O4. The second-order valence-electron chi connectivity index (χ2n) is 5.37. The molecule has 1 unspecified atom stereocenters. The molecule has 0 aliphatic heterocycles. The number of nitrogens with zero attached hydrogens (tertiary/aromatic N) is 2. The van der Waals surface area contributed by atoms with Crippen molar-refractivity contribution >= 4 is 5.78 Å². The summed E-state index contributed by atoms with van der Waals surface area (Å²) in [6, 6.07) is 5.05. The van der Waals surface area contributed by atoms with Gasteiger partial charge >= 0.3 is 0 Å². The van der Waals surface area contributed by atoms with Crippen LogP contribution in [0.1, 0.15) is 40.7 Å². The minimum absolute atomic E-state index is 0.0569. The maximum absolute atomic E-state index is 12.3. The van der Waals surface area contributed by atoms with Crippen molar-refractivity contribution in [2.75, 3.05) is 14.2 Å². The molecular weight excluding hydrogens is 296 g/mol. The molecule has 0 amide bonds. The van der Waals surface area contributed by atoms with Crippen molar-refractivity contribution < 1.29 is 19.4 Å². The first kappa shape index (κ1) is 17.0. The highest BCUT2D eigenvalue weighted by molar-refractivity contribution is 5.96. The molecule has 6 nitrogen and oxygen atoms in total. The van der Waals surface area contributed by atoms with E-state index in [2.05, 4.69) is 4.98 Å². The zero-order valence-corrected chi connectivity index (χ0v) is 13.9. The quantitative estimate of drug-likeness (QED) is 0.794. The van der Waals surface area contributed by atoms with E-state index in [1.54, 1.807) is 31.6 Å². The summed E-state index contributed by atoms with van der Waals surface area (Å²) in [7, 11) is 4.94. The molecule has 0 saturated carbocycles. The van der Waals surface area contributed by atoms with Crippen LogP contribution in [0.3, 0.4) is 0 Å². The molecule has 1 N–H and O–H groups in total. The van der Waals surface area contributed by atoms with E-state index >= 15 is 0 Å². The number of aliphatic hydroxyl groups is 1. The Hall–Kier alpha value is -2.34. The number of benzene rings is 1. The Morgan fingerprint density at radius 3 is 2.57 bits per heavy atom. The molecule has 0 aliphatic rings. The molecule has 0 bridgehead atoms. The van der Waals surface area contributed by atoms with Crippen LogP contribution in [-0.4, -0.2) is 34.7 Å². The zero-order valence-electron chi connectivity index (χ0n) is 13.9. The van der Waals surface area contributed by atoms with E-state index in [-0.39, 0.29) is 12.2 Å². The number of hydrogen-bond acceptors (Lipinski definition) is 5. The first-order valence-electron chi connectivity index (χ1n) is 7.39. The van der Waals surface area contributed by atoms with Crippen LogP contribution in [0.15, 0.2) is 24.5 Å². The van der Waals surface area contributed by atoms with E-state index in [1.165, 1.54) is 7.11 Å². The molecule has 23 heavy (non-hydrogen) atoms. The first-order chi connectivity index (χ1) is 11.0. The van der Waals surface area contributed by atoms with Crippen LogP contribution in [0.25, 0.3) is 0 Å². The van der Waals surface area contributed by atoms with Gasteiger partial charge in [-0.15, -0.1) is 0 Å². The van der Waals surface area contributed by atoms with Crippen molar-refractivity contribution in [3.63, 3.8) is 0 Å². The normalized spacial score (nSPS) is 12.0. The van der Waals surface area contributed by atoms with E-state index in [0.717, 1.165) is 5.69 Å². The fraction of sp³-hybridized carbons (Fsp3) is 0.412. The third kappa shape index (κ3) is 3.71. The van der Waals surface area contributed by atoms with Crippen LogP contribution in [0.5, 0.6) is 11.5 Å². The molecule has 124 valence electrons. The van der Waals surface area contributed by atoms with Gasteiger partial charge in [0.15, 0.2) is 17.3 Å². The van der Waals surface area contributed by atoms with Crippen LogP contribution in [0.2, 0.25) is 0 Å². The van der Waals surface area contributed by atoms with Crippen LogP contribution in [0.4, 0.5) is 0 Å². The lowest BCUT2D eigenvalue weighted by atomic mass is 10.0. The highest BCUT2D eigenvalue weighted by atomic mass is 16.5. The van der Waals surface area contributed by atoms with Crippen molar-refractivity contribution in [3.8, 4) is 11.5 Å². The number of hydrogen-bond donors (Lipinski definition) is 1. The smallest absolute Gasteiger partial charge is 0.163 e. The van der Waals surface area contributed by atoms with E-state index < -0.39 is 6.10 Å². The summed E-state index contributed by atoms with van der Waals surface area (Å²) < 4.78 is 12.2.